The summed E-state index contributed by atoms with van der Waals surface area (Å²) in [5, 5.41) is 10.8. The maximum atomic E-state index is 13.0. The molecule has 142 valence electrons. The van der Waals surface area contributed by atoms with Gasteiger partial charge in [-0.1, -0.05) is 23.7 Å². The summed E-state index contributed by atoms with van der Waals surface area (Å²) < 4.78 is 0. The molecule has 3 aromatic rings. The first-order valence-corrected chi connectivity index (χ1v) is 9.24. The Hall–Kier alpha value is -3.19. The SMILES string of the molecule is CC(=O)Nc1cc(C(=O)N2CCc3[nH]nc(-c4ccc(Cl)cc4)c3C2)ccn1. The van der Waals surface area contributed by atoms with E-state index in [4.69, 9.17) is 11.6 Å². The van der Waals surface area contributed by atoms with Crippen molar-refractivity contribution in [3.05, 3.63) is 64.4 Å². The second kappa shape index (κ2) is 7.44. The Bertz CT molecular complexity index is 1050. The number of aromatic amines is 1. The highest BCUT2D eigenvalue weighted by atomic mass is 35.5. The maximum absolute atomic E-state index is 13.0. The number of anilines is 1. The summed E-state index contributed by atoms with van der Waals surface area (Å²) in [5.41, 5.74) is 4.32. The van der Waals surface area contributed by atoms with Crippen molar-refractivity contribution in [3.8, 4) is 11.3 Å². The highest BCUT2D eigenvalue weighted by Gasteiger charge is 2.26. The second-order valence-corrected chi connectivity index (χ2v) is 7.06. The second-order valence-electron chi connectivity index (χ2n) is 6.62. The third kappa shape index (κ3) is 3.61. The average Bonchev–Trinajstić information content (AvgIpc) is 3.11. The van der Waals surface area contributed by atoms with E-state index in [-0.39, 0.29) is 11.8 Å². The summed E-state index contributed by atoms with van der Waals surface area (Å²) in [6.45, 7) is 2.45. The van der Waals surface area contributed by atoms with Crippen molar-refractivity contribution in [2.45, 2.75) is 19.9 Å². The van der Waals surface area contributed by atoms with Gasteiger partial charge in [-0.25, -0.2) is 4.98 Å². The van der Waals surface area contributed by atoms with E-state index in [9.17, 15) is 9.59 Å². The minimum Gasteiger partial charge on any atom is -0.334 e. The number of halogens is 1. The van der Waals surface area contributed by atoms with E-state index in [1.165, 1.54) is 13.1 Å². The third-order valence-corrected chi connectivity index (χ3v) is 4.90. The van der Waals surface area contributed by atoms with E-state index in [1.54, 1.807) is 17.0 Å². The van der Waals surface area contributed by atoms with Crippen LogP contribution < -0.4 is 5.32 Å². The number of carbonyl (C=O) groups excluding carboxylic acids is 2. The summed E-state index contributed by atoms with van der Waals surface area (Å²) >= 11 is 5.98. The lowest BCUT2D eigenvalue weighted by atomic mass is 10.0. The molecule has 0 aliphatic carbocycles. The fraction of sp³-hybridized carbons (Fsp3) is 0.200. The van der Waals surface area contributed by atoms with Crippen LogP contribution in [-0.4, -0.2) is 38.4 Å². The van der Waals surface area contributed by atoms with Crippen LogP contribution in [0, 0.1) is 0 Å². The maximum Gasteiger partial charge on any atom is 0.254 e. The van der Waals surface area contributed by atoms with Crippen molar-refractivity contribution >= 4 is 29.2 Å². The molecule has 0 bridgehead atoms. The van der Waals surface area contributed by atoms with Crippen molar-refractivity contribution in [3.63, 3.8) is 0 Å². The first-order chi connectivity index (χ1) is 13.5. The predicted octanol–water partition coefficient (Wildman–Crippen LogP) is 3.28. The van der Waals surface area contributed by atoms with E-state index in [1.807, 2.05) is 24.3 Å². The fourth-order valence-corrected chi connectivity index (χ4v) is 3.44. The Morgan fingerprint density at radius 3 is 2.75 bits per heavy atom. The molecule has 1 aliphatic rings. The molecule has 0 saturated heterocycles. The van der Waals surface area contributed by atoms with Crippen molar-refractivity contribution in [1.29, 1.82) is 0 Å². The Kier molecular flexibility index (Phi) is 4.83. The number of benzene rings is 1. The molecule has 28 heavy (non-hydrogen) atoms. The van der Waals surface area contributed by atoms with Gasteiger partial charge < -0.3 is 10.2 Å². The smallest absolute Gasteiger partial charge is 0.254 e. The number of pyridine rings is 1. The number of aromatic nitrogens is 3. The summed E-state index contributed by atoms with van der Waals surface area (Å²) in [5.74, 6) is 0.0230. The van der Waals surface area contributed by atoms with Crippen LogP contribution in [0.4, 0.5) is 5.82 Å². The molecule has 2 amide bonds. The van der Waals surface area contributed by atoms with E-state index in [0.29, 0.717) is 35.9 Å². The Morgan fingerprint density at radius 1 is 1.21 bits per heavy atom. The largest absolute Gasteiger partial charge is 0.334 e. The van der Waals surface area contributed by atoms with Crippen molar-refractivity contribution in [1.82, 2.24) is 20.1 Å². The normalized spacial score (nSPS) is 13.1. The van der Waals surface area contributed by atoms with Gasteiger partial charge in [-0.3, -0.25) is 14.7 Å². The van der Waals surface area contributed by atoms with Gasteiger partial charge in [0.2, 0.25) is 5.91 Å². The molecular weight excluding hydrogens is 378 g/mol. The van der Waals surface area contributed by atoms with E-state index >= 15 is 0 Å². The molecule has 2 N–H and O–H groups in total. The molecule has 3 heterocycles. The molecule has 1 aromatic carbocycles. The van der Waals surface area contributed by atoms with Gasteiger partial charge in [-0.2, -0.15) is 5.10 Å². The minimum absolute atomic E-state index is 0.108. The van der Waals surface area contributed by atoms with Crippen LogP contribution in [0.25, 0.3) is 11.3 Å². The van der Waals surface area contributed by atoms with Crippen LogP contribution in [0.15, 0.2) is 42.6 Å². The van der Waals surface area contributed by atoms with E-state index in [2.05, 4.69) is 20.5 Å². The number of amides is 2. The van der Waals surface area contributed by atoms with Gasteiger partial charge in [0.1, 0.15) is 5.82 Å². The van der Waals surface area contributed by atoms with Crippen LogP contribution in [0.3, 0.4) is 0 Å². The number of carbonyl (C=O) groups is 2. The number of nitrogens with zero attached hydrogens (tertiary/aromatic N) is 3. The van der Waals surface area contributed by atoms with Crippen LogP contribution in [0.2, 0.25) is 5.02 Å². The van der Waals surface area contributed by atoms with Gasteiger partial charge in [0.25, 0.3) is 5.91 Å². The van der Waals surface area contributed by atoms with Gasteiger partial charge in [-0.05, 0) is 24.3 Å². The van der Waals surface area contributed by atoms with Gasteiger partial charge in [0.15, 0.2) is 0 Å². The molecule has 4 rings (SSSR count). The lowest BCUT2D eigenvalue weighted by Crippen LogP contribution is -2.36. The quantitative estimate of drug-likeness (QED) is 0.712. The topological polar surface area (TPSA) is 91.0 Å². The molecular formula is C20H18ClN5O2. The Labute approximate surface area is 166 Å². The highest BCUT2D eigenvalue weighted by molar-refractivity contribution is 6.30. The monoisotopic (exact) mass is 395 g/mol. The fourth-order valence-electron chi connectivity index (χ4n) is 3.31. The molecule has 0 unspecified atom stereocenters. The average molecular weight is 396 g/mol. The molecule has 0 radical (unpaired) electrons. The molecule has 8 heteroatoms. The summed E-state index contributed by atoms with van der Waals surface area (Å²) in [7, 11) is 0. The predicted molar refractivity (Wildman–Crippen MR) is 106 cm³/mol. The summed E-state index contributed by atoms with van der Waals surface area (Å²) in [6, 6.07) is 10.7. The van der Waals surface area contributed by atoms with Crippen molar-refractivity contribution in [2.75, 3.05) is 11.9 Å². The van der Waals surface area contributed by atoms with Crippen LogP contribution in [0.5, 0.6) is 0 Å². The van der Waals surface area contributed by atoms with E-state index < -0.39 is 0 Å². The molecule has 1 aliphatic heterocycles. The van der Waals surface area contributed by atoms with E-state index in [0.717, 1.165) is 22.5 Å². The van der Waals surface area contributed by atoms with Crippen molar-refractivity contribution in [2.24, 2.45) is 0 Å². The molecule has 0 spiro atoms. The summed E-state index contributed by atoms with van der Waals surface area (Å²) in [6.07, 6.45) is 2.22. The van der Waals surface area contributed by atoms with Crippen LogP contribution in [0.1, 0.15) is 28.5 Å². The zero-order valence-corrected chi connectivity index (χ0v) is 16.0. The van der Waals surface area contributed by atoms with Gasteiger partial charge in [0.05, 0.1) is 5.69 Å². The lowest BCUT2D eigenvalue weighted by Gasteiger charge is -2.27. The Balaban J connectivity index is 1.58. The van der Waals surface area contributed by atoms with Crippen LogP contribution >= 0.6 is 11.6 Å². The number of hydrogen-bond donors (Lipinski definition) is 2. The molecule has 0 fully saturated rings. The minimum atomic E-state index is -0.231. The number of hydrogen-bond acceptors (Lipinski definition) is 4. The Morgan fingerprint density at radius 2 is 2.00 bits per heavy atom. The van der Waals surface area contributed by atoms with Crippen molar-refractivity contribution < 1.29 is 9.59 Å². The highest BCUT2D eigenvalue weighted by Crippen LogP contribution is 2.29. The third-order valence-electron chi connectivity index (χ3n) is 4.65. The zero-order chi connectivity index (χ0) is 19.7. The molecule has 0 atom stereocenters. The van der Waals surface area contributed by atoms with Gasteiger partial charge in [-0.15, -0.1) is 0 Å². The molecule has 0 saturated carbocycles. The first kappa shape index (κ1) is 18.2. The van der Waals surface area contributed by atoms with Crippen LogP contribution in [-0.2, 0) is 17.8 Å². The molecule has 2 aromatic heterocycles. The number of H-pyrrole nitrogens is 1. The lowest BCUT2D eigenvalue weighted by molar-refractivity contribution is -0.114. The first-order valence-electron chi connectivity index (χ1n) is 8.86. The summed E-state index contributed by atoms with van der Waals surface area (Å²) in [4.78, 5) is 30.1. The standard InChI is InChI=1S/C20H18ClN5O2/c1-12(27)23-18-10-14(6-8-22-18)20(28)26-9-7-17-16(11-26)19(25-24-17)13-2-4-15(21)5-3-13/h2-6,8,10H,7,9,11H2,1H3,(H,24,25)(H,22,23,27). The number of rotatable bonds is 3. The molecule has 7 nitrogen and oxygen atoms in total. The van der Waals surface area contributed by atoms with Gasteiger partial charge in [0, 0.05) is 60.0 Å². The number of fused-ring (bicyclic) bond motifs is 1. The number of nitrogens with one attached hydrogen (secondary N) is 2. The van der Waals surface area contributed by atoms with Gasteiger partial charge >= 0.3 is 0 Å². The zero-order valence-electron chi connectivity index (χ0n) is 15.2.